The number of furan rings is 1. The molecule has 0 saturated carbocycles. The molecule has 1 atom stereocenters. The van der Waals surface area contributed by atoms with Crippen molar-refractivity contribution in [2.24, 2.45) is 17.6 Å². The summed E-state index contributed by atoms with van der Waals surface area (Å²) in [7, 11) is 1.81. The van der Waals surface area contributed by atoms with Crippen LogP contribution >= 0.6 is 0 Å². The van der Waals surface area contributed by atoms with Crippen LogP contribution in [0, 0.1) is 18.8 Å². The maximum atomic E-state index is 12.1. The van der Waals surface area contributed by atoms with Gasteiger partial charge in [-0.1, -0.05) is 13.8 Å². The van der Waals surface area contributed by atoms with Crippen molar-refractivity contribution in [1.82, 2.24) is 4.90 Å². The van der Waals surface area contributed by atoms with Crippen molar-refractivity contribution in [2.75, 3.05) is 13.6 Å². The number of hydrogen-bond donors (Lipinski definition) is 1. The van der Waals surface area contributed by atoms with Gasteiger partial charge in [0.1, 0.15) is 11.5 Å². The molecule has 108 valence electrons. The van der Waals surface area contributed by atoms with E-state index < -0.39 is 0 Å². The van der Waals surface area contributed by atoms with Crippen LogP contribution in [0.25, 0.3) is 0 Å². The van der Waals surface area contributed by atoms with Crippen LogP contribution in [0.3, 0.4) is 0 Å². The Morgan fingerprint density at radius 1 is 1.42 bits per heavy atom. The molecule has 1 amide bonds. The van der Waals surface area contributed by atoms with Crippen LogP contribution in [-0.2, 0) is 11.3 Å². The van der Waals surface area contributed by atoms with E-state index in [0.29, 0.717) is 25.4 Å². The second kappa shape index (κ2) is 7.34. The summed E-state index contributed by atoms with van der Waals surface area (Å²) in [6.07, 6.45) is 1.51. The maximum Gasteiger partial charge on any atom is 0.223 e. The molecule has 0 radical (unpaired) electrons. The summed E-state index contributed by atoms with van der Waals surface area (Å²) < 4.78 is 5.48. The molecule has 0 aromatic carbocycles. The third kappa shape index (κ3) is 5.47. The van der Waals surface area contributed by atoms with Gasteiger partial charge in [-0.2, -0.15) is 0 Å². The molecular weight excluding hydrogens is 240 g/mol. The second-order valence-electron chi connectivity index (χ2n) is 5.70. The molecule has 0 aliphatic rings. The van der Waals surface area contributed by atoms with Gasteiger partial charge in [0.15, 0.2) is 0 Å². The fraction of sp³-hybridized carbons (Fsp3) is 0.667. The summed E-state index contributed by atoms with van der Waals surface area (Å²) in [5.74, 6) is 2.66. The van der Waals surface area contributed by atoms with E-state index in [1.807, 2.05) is 26.1 Å². The van der Waals surface area contributed by atoms with Crippen molar-refractivity contribution in [3.05, 3.63) is 23.7 Å². The topological polar surface area (TPSA) is 59.5 Å². The molecule has 0 spiro atoms. The molecule has 0 aliphatic carbocycles. The van der Waals surface area contributed by atoms with Crippen molar-refractivity contribution >= 4 is 5.91 Å². The first-order valence-corrected chi connectivity index (χ1v) is 6.91. The molecule has 1 heterocycles. The summed E-state index contributed by atoms with van der Waals surface area (Å²) in [5.41, 5.74) is 5.74. The van der Waals surface area contributed by atoms with Gasteiger partial charge < -0.3 is 15.1 Å². The van der Waals surface area contributed by atoms with Crippen molar-refractivity contribution in [3.8, 4) is 0 Å². The molecule has 1 unspecified atom stereocenters. The van der Waals surface area contributed by atoms with E-state index >= 15 is 0 Å². The first kappa shape index (κ1) is 15.8. The highest BCUT2D eigenvalue weighted by molar-refractivity contribution is 5.76. The summed E-state index contributed by atoms with van der Waals surface area (Å²) in [6.45, 7) is 7.30. The summed E-state index contributed by atoms with van der Waals surface area (Å²) >= 11 is 0. The number of hydrogen-bond acceptors (Lipinski definition) is 3. The van der Waals surface area contributed by atoms with Crippen molar-refractivity contribution in [2.45, 2.75) is 40.2 Å². The first-order chi connectivity index (χ1) is 8.92. The number of rotatable bonds is 7. The second-order valence-corrected chi connectivity index (χ2v) is 5.70. The smallest absolute Gasteiger partial charge is 0.223 e. The molecule has 4 heteroatoms. The Kier molecular flexibility index (Phi) is 6.09. The van der Waals surface area contributed by atoms with Gasteiger partial charge in [-0.15, -0.1) is 0 Å². The van der Waals surface area contributed by atoms with E-state index in [1.54, 1.807) is 4.90 Å². The summed E-state index contributed by atoms with van der Waals surface area (Å²) in [4.78, 5) is 13.8. The maximum absolute atomic E-state index is 12.1. The third-order valence-corrected chi connectivity index (χ3v) is 3.22. The highest BCUT2D eigenvalue weighted by atomic mass is 16.3. The van der Waals surface area contributed by atoms with E-state index in [9.17, 15) is 4.79 Å². The number of aryl methyl sites for hydroxylation is 1. The molecule has 0 bridgehead atoms. The van der Waals surface area contributed by atoms with Gasteiger partial charge >= 0.3 is 0 Å². The van der Waals surface area contributed by atoms with Gasteiger partial charge in [-0.05, 0) is 43.9 Å². The molecule has 1 aromatic heterocycles. The van der Waals surface area contributed by atoms with Gasteiger partial charge in [0, 0.05) is 13.5 Å². The van der Waals surface area contributed by atoms with Gasteiger partial charge in [0.25, 0.3) is 0 Å². The van der Waals surface area contributed by atoms with Crippen LogP contribution in [0.15, 0.2) is 16.5 Å². The number of amides is 1. The Morgan fingerprint density at radius 2 is 2.11 bits per heavy atom. The Bertz CT molecular complexity index is 399. The minimum atomic E-state index is 0.130. The highest BCUT2D eigenvalue weighted by Gasteiger charge is 2.17. The monoisotopic (exact) mass is 266 g/mol. The average Bonchev–Trinajstić information content (AvgIpc) is 2.73. The SMILES string of the molecule is Cc1ccc(CN(C)C(=O)CC(CN)CC(C)C)o1. The lowest BCUT2D eigenvalue weighted by Crippen LogP contribution is -2.30. The Labute approximate surface area is 116 Å². The van der Waals surface area contributed by atoms with E-state index in [-0.39, 0.29) is 11.8 Å². The van der Waals surface area contributed by atoms with Crippen LogP contribution in [-0.4, -0.2) is 24.4 Å². The third-order valence-electron chi connectivity index (χ3n) is 3.22. The van der Waals surface area contributed by atoms with Gasteiger partial charge in [0.05, 0.1) is 6.54 Å². The zero-order valence-electron chi connectivity index (χ0n) is 12.5. The number of carbonyl (C=O) groups excluding carboxylic acids is 1. The van der Waals surface area contributed by atoms with E-state index in [4.69, 9.17) is 10.2 Å². The predicted octanol–water partition coefficient (Wildman–Crippen LogP) is 2.56. The molecule has 4 nitrogen and oxygen atoms in total. The fourth-order valence-electron chi connectivity index (χ4n) is 2.22. The van der Waals surface area contributed by atoms with Crippen molar-refractivity contribution in [1.29, 1.82) is 0 Å². The minimum Gasteiger partial charge on any atom is -0.464 e. The number of carbonyl (C=O) groups is 1. The average molecular weight is 266 g/mol. The van der Waals surface area contributed by atoms with E-state index in [2.05, 4.69) is 13.8 Å². The van der Waals surface area contributed by atoms with Gasteiger partial charge in [0.2, 0.25) is 5.91 Å². The fourth-order valence-corrected chi connectivity index (χ4v) is 2.22. The normalized spacial score (nSPS) is 12.7. The molecule has 1 aromatic rings. The van der Waals surface area contributed by atoms with Crippen LogP contribution in [0.4, 0.5) is 0 Å². The lowest BCUT2D eigenvalue weighted by molar-refractivity contribution is -0.131. The Hall–Kier alpha value is -1.29. The first-order valence-electron chi connectivity index (χ1n) is 6.91. The van der Waals surface area contributed by atoms with Crippen molar-refractivity contribution < 1.29 is 9.21 Å². The largest absolute Gasteiger partial charge is 0.464 e. The van der Waals surface area contributed by atoms with Crippen LogP contribution in [0.1, 0.15) is 38.2 Å². The van der Waals surface area contributed by atoms with E-state index in [1.165, 1.54) is 0 Å². The Morgan fingerprint density at radius 3 is 2.58 bits per heavy atom. The quantitative estimate of drug-likeness (QED) is 0.825. The zero-order chi connectivity index (χ0) is 14.4. The molecule has 0 aliphatic heterocycles. The minimum absolute atomic E-state index is 0.130. The van der Waals surface area contributed by atoms with Crippen LogP contribution < -0.4 is 5.73 Å². The Balaban J connectivity index is 2.47. The van der Waals surface area contributed by atoms with Gasteiger partial charge in [-0.3, -0.25) is 4.79 Å². The molecule has 0 saturated heterocycles. The van der Waals surface area contributed by atoms with Crippen LogP contribution in [0.2, 0.25) is 0 Å². The molecule has 1 rings (SSSR count). The van der Waals surface area contributed by atoms with E-state index in [0.717, 1.165) is 17.9 Å². The molecule has 19 heavy (non-hydrogen) atoms. The highest BCUT2D eigenvalue weighted by Crippen LogP contribution is 2.16. The molecule has 0 fully saturated rings. The molecule has 2 N–H and O–H groups in total. The van der Waals surface area contributed by atoms with Crippen molar-refractivity contribution in [3.63, 3.8) is 0 Å². The lowest BCUT2D eigenvalue weighted by Gasteiger charge is -2.21. The number of nitrogens with two attached hydrogens (primary N) is 1. The summed E-state index contributed by atoms with van der Waals surface area (Å²) in [6, 6.07) is 3.82. The standard InChI is InChI=1S/C15H26N2O2/c1-11(2)7-13(9-16)8-15(18)17(4)10-14-6-5-12(3)19-14/h5-6,11,13H,7-10,16H2,1-4H3. The number of nitrogens with zero attached hydrogens (tertiary/aromatic N) is 1. The van der Waals surface area contributed by atoms with Crippen LogP contribution in [0.5, 0.6) is 0 Å². The van der Waals surface area contributed by atoms with Gasteiger partial charge in [-0.25, -0.2) is 0 Å². The lowest BCUT2D eigenvalue weighted by atomic mass is 9.94. The predicted molar refractivity (Wildman–Crippen MR) is 76.5 cm³/mol. The summed E-state index contributed by atoms with van der Waals surface area (Å²) in [5, 5.41) is 0. The zero-order valence-corrected chi connectivity index (χ0v) is 12.5. The molecular formula is C15H26N2O2.